The monoisotopic (exact) mass is 281 g/mol. The zero-order chi connectivity index (χ0) is 13.1. The summed E-state index contributed by atoms with van der Waals surface area (Å²) in [4.78, 5) is 1.24. The lowest BCUT2D eigenvalue weighted by Gasteiger charge is -2.15. The van der Waals surface area contributed by atoms with Crippen LogP contribution >= 0.6 is 22.9 Å². The summed E-state index contributed by atoms with van der Waals surface area (Å²) in [5.41, 5.74) is 0. The van der Waals surface area contributed by atoms with Gasteiger partial charge in [-0.1, -0.05) is 43.6 Å². The van der Waals surface area contributed by atoms with Crippen LogP contribution in [0.5, 0.6) is 0 Å². The molecule has 2 aromatic rings. The summed E-state index contributed by atoms with van der Waals surface area (Å²) in [7, 11) is 0. The van der Waals surface area contributed by atoms with Gasteiger partial charge < -0.3 is 5.32 Å². The first-order chi connectivity index (χ1) is 8.58. The maximum absolute atomic E-state index is 6.42. The number of nitrogens with one attached hydrogen (secondary N) is 1. The normalized spacial score (nSPS) is 13.4. The third-order valence-corrected chi connectivity index (χ3v) is 4.75. The highest BCUT2D eigenvalue weighted by Gasteiger charge is 2.11. The maximum Gasteiger partial charge on any atom is 0.0636 e. The minimum absolute atomic E-state index is 0.534. The summed E-state index contributed by atoms with van der Waals surface area (Å²) >= 11 is 8.21. The van der Waals surface area contributed by atoms with E-state index in [0.29, 0.717) is 6.04 Å². The van der Waals surface area contributed by atoms with E-state index in [1.165, 1.54) is 21.4 Å². The molecule has 0 saturated heterocycles. The van der Waals surface area contributed by atoms with Crippen molar-refractivity contribution < 1.29 is 0 Å². The Kier molecular flexibility index (Phi) is 4.66. The first-order valence-electron chi connectivity index (χ1n) is 6.47. The van der Waals surface area contributed by atoms with Gasteiger partial charge in [0.25, 0.3) is 0 Å². The second kappa shape index (κ2) is 6.05. The molecule has 98 valence electrons. The summed E-state index contributed by atoms with van der Waals surface area (Å²) in [5.74, 6) is 0.727. The number of hydrogen-bond acceptors (Lipinski definition) is 2. The van der Waals surface area contributed by atoms with Crippen molar-refractivity contribution >= 4 is 33.0 Å². The minimum atomic E-state index is 0.534. The molecule has 0 aliphatic carbocycles. The summed E-state index contributed by atoms with van der Waals surface area (Å²) in [6.07, 6.45) is 1.20. The number of hydrogen-bond donors (Lipinski definition) is 1. The molecule has 18 heavy (non-hydrogen) atoms. The van der Waals surface area contributed by atoms with Crippen LogP contribution in [0, 0.1) is 5.92 Å². The third kappa shape index (κ3) is 3.25. The van der Waals surface area contributed by atoms with Crippen molar-refractivity contribution in [1.29, 1.82) is 0 Å². The van der Waals surface area contributed by atoms with Crippen LogP contribution in [0.25, 0.3) is 10.1 Å². The molecular formula is C15H20ClNS. The number of rotatable bonds is 5. The molecule has 1 atom stereocenters. The van der Waals surface area contributed by atoms with E-state index in [0.717, 1.165) is 17.5 Å². The maximum atomic E-state index is 6.42. The molecule has 0 amide bonds. The number of thiophene rings is 1. The van der Waals surface area contributed by atoms with E-state index in [9.17, 15) is 0 Å². The first kappa shape index (κ1) is 13.9. The van der Waals surface area contributed by atoms with Crippen molar-refractivity contribution in [2.45, 2.75) is 39.8 Å². The number of halogens is 1. The summed E-state index contributed by atoms with van der Waals surface area (Å²) in [6, 6.07) is 8.86. The van der Waals surface area contributed by atoms with Gasteiger partial charge in [0.15, 0.2) is 0 Å². The SMILES string of the molecule is CC(C)CC(C)NCc1sc2ccccc2c1Cl. The second-order valence-corrected chi connectivity index (χ2v) is 6.76. The van der Waals surface area contributed by atoms with Gasteiger partial charge in [-0.05, 0) is 25.3 Å². The molecule has 3 heteroatoms. The van der Waals surface area contributed by atoms with E-state index >= 15 is 0 Å². The molecule has 0 aliphatic rings. The molecule has 0 aliphatic heterocycles. The predicted molar refractivity (Wildman–Crippen MR) is 82.6 cm³/mol. The molecule has 1 heterocycles. The van der Waals surface area contributed by atoms with Crippen LogP contribution in [0.15, 0.2) is 24.3 Å². The topological polar surface area (TPSA) is 12.0 Å². The largest absolute Gasteiger partial charge is 0.309 e. The smallest absolute Gasteiger partial charge is 0.0636 e. The molecule has 0 fully saturated rings. The average Bonchev–Trinajstić information content (AvgIpc) is 2.64. The first-order valence-corrected chi connectivity index (χ1v) is 7.66. The van der Waals surface area contributed by atoms with Gasteiger partial charge in [0.1, 0.15) is 0 Å². The fourth-order valence-electron chi connectivity index (χ4n) is 2.24. The van der Waals surface area contributed by atoms with Crippen LogP contribution in [-0.4, -0.2) is 6.04 Å². The van der Waals surface area contributed by atoms with Gasteiger partial charge in [0.05, 0.1) is 5.02 Å². The van der Waals surface area contributed by atoms with E-state index in [-0.39, 0.29) is 0 Å². The van der Waals surface area contributed by atoms with Crippen LogP contribution in [0.3, 0.4) is 0 Å². The average molecular weight is 282 g/mol. The van der Waals surface area contributed by atoms with Crippen LogP contribution in [0.1, 0.15) is 32.1 Å². The third-order valence-electron chi connectivity index (χ3n) is 3.04. The molecule has 1 unspecified atom stereocenters. The van der Waals surface area contributed by atoms with E-state index in [1.807, 2.05) is 6.07 Å². The van der Waals surface area contributed by atoms with Gasteiger partial charge in [-0.2, -0.15) is 0 Å². The van der Waals surface area contributed by atoms with Gasteiger partial charge in [0.2, 0.25) is 0 Å². The van der Waals surface area contributed by atoms with Crippen molar-refractivity contribution in [3.63, 3.8) is 0 Å². The highest BCUT2D eigenvalue weighted by Crippen LogP contribution is 2.35. The zero-order valence-corrected chi connectivity index (χ0v) is 12.7. The van der Waals surface area contributed by atoms with E-state index in [2.05, 4.69) is 44.3 Å². The van der Waals surface area contributed by atoms with Crippen molar-refractivity contribution in [2.75, 3.05) is 0 Å². The lowest BCUT2D eigenvalue weighted by atomic mass is 10.1. The Morgan fingerprint density at radius 3 is 2.61 bits per heavy atom. The predicted octanol–water partition coefficient (Wildman–Crippen LogP) is 5.08. The van der Waals surface area contributed by atoms with Crippen LogP contribution in [-0.2, 0) is 6.54 Å². The highest BCUT2D eigenvalue weighted by molar-refractivity contribution is 7.19. The van der Waals surface area contributed by atoms with Crippen molar-refractivity contribution in [2.24, 2.45) is 5.92 Å². The zero-order valence-electron chi connectivity index (χ0n) is 11.2. The van der Waals surface area contributed by atoms with Gasteiger partial charge in [0, 0.05) is 27.5 Å². The Morgan fingerprint density at radius 2 is 1.94 bits per heavy atom. The molecule has 1 aromatic heterocycles. The van der Waals surface area contributed by atoms with Crippen LogP contribution in [0.4, 0.5) is 0 Å². The fourth-order valence-corrected chi connectivity index (χ4v) is 3.69. The lowest BCUT2D eigenvalue weighted by molar-refractivity contribution is 0.443. The van der Waals surface area contributed by atoms with E-state index in [4.69, 9.17) is 11.6 Å². The molecule has 0 saturated carbocycles. The summed E-state index contributed by atoms with van der Waals surface area (Å²) in [5, 5.41) is 5.65. The van der Waals surface area contributed by atoms with E-state index < -0.39 is 0 Å². The molecule has 1 nitrogen and oxygen atoms in total. The highest BCUT2D eigenvalue weighted by atomic mass is 35.5. The quantitative estimate of drug-likeness (QED) is 0.806. The minimum Gasteiger partial charge on any atom is -0.309 e. The molecular weight excluding hydrogens is 262 g/mol. The van der Waals surface area contributed by atoms with Gasteiger partial charge >= 0.3 is 0 Å². The molecule has 0 bridgehead atoms. The molecule has 1 aromatic carbocycles. The summed E-state index contributed by atoms with van der Waals surface area (Å²) in [6.45, 7) is 7.61. The second-order valence-electron chi connectivity index (χ2n) is 5.25. The molecule has 0 spiro atoms. The Labute approximate surface area is 118 Å². The Hall–Kier alpha value is -0.570. The standard InChI is InChI=1S/C15H20ClNS/c1-10(2)8-11(3)17-9-14-15(16)12-6-4-5-7-13(12)18-14/h4-7,10-11,17H,8-9H2,1-3H3. The van der Waals surface area contributed by atoms with Gasteiger partial charge in [-0.25, -0.2) is 0 Å². The summed E-state index contributed by atoms with van der Waals surface area (Å²) < 4.78 is 1.27. The van der Waals surface area contributed by atoms with Gasteiger partial charge in [-0.15, -0.1) is 11.3 Å². The Morgan fingerprint density at radius 1 is 1.22 bits per heavy atom. The molecule has 1 N–H and O–H groups in total. The Bertz CT molecular complexity index is 518. The van der Waals surface area contributed by atoms with Crippen molar-refractivity contribution in [3.05, 3.63) is 34.2 Å². The van der Waals surface area contributed by atoms with Crippen LogP contribution in [0.2, 0.25) is 5.02 Å². The van der Waals surface area contributed by atoms with Crippen molar-refractivity contribution in [1.82, 2.24) is 5.32 Å². The lowest BCUT2D eigenvalue weighted by Crippen LogP contribution is -2.26. The number of fused-ring (bicyclic) bond motifs is 1. The Balaban J connectivity index is 2.06. The molecule has 0 radical (unpaired) electrons. The van der Waals surface area contributed by atoms with Gasteiger partial charge in [-0.3, -0.25) is 0 Å². The van der Waals surface area contributed by atoms with E-state index in [1.54, 1.807) is 11.3 Å². The molecule has 2 rings (SSSR count). The fraction of sp³-hybridized carbons (Fsp3) is 0.467. The van der Waals surface area contributed by atoms with Crippen molar-refractivity contribution in [3.8, 4) is 0 Å². The number of benzene rings is 1. The van der Waals surface area contributed by atoms with Crippen LogP contribution < -0.4 is 5.32 Å².